The van der Waals surface area contributed by atoms with Crippen molar-refractivity contribution in [2.24, 2.45) is 0 Å². The summed E-state index contributed by atoms with van der Waals surface area (Å²) in [5.74, 6) is -0.422. The summed E-state index contributed by atoms with van der Waals surface area (Å²) in [5, 5.41) is 3.65. The van der Waals surface area contributed by atoms with Gasteiger partial charge in [0, 0.05) is 11.1 Å². The summed E-state index contributed by atoms with van der Waals surface area (Å²) < 4.78 is 64.7. The number of amides is 1. The van der Waals surface area contributed by atoms with Gasteiger partial charge in [0.15, 0.2) is 6.54 Å². The van der Waals surface area contributed by atoms with E-state index in [-0.39, 0.29) is 25.3 Å². The molecule has 166 valence electrons. The largest absolute Gasteiger partial charge is 0.416 e. The Hall–Kier alpha value is -2.69. The fourth-order valence-corrected chi connectivity index (χ4v) is 4.45. The first-order valence-electron chi connectivity index (χ1n) is 9.67. The van der Waals surface area contributed by atoms with Gasteiger partial charge in [0.1, 0.15) is 0 Å². The molecule has 1 saturated heterocycles. The van der Waals surface area contributed by atoms with Gasteiger partial charge < -0.3 is 10.2 Å². The highest BCUT2D eigenvalue weighted by atomic mass is 32.2. The number of carbonyl (C=O) groups excluding carboxylic acids is 1. The van der Waals surface area contributed by atoms with Crippen molar-refractivity contribution in [3.63, 3.8) is 0 Å². The second-order valence-electron chi connectivity index (χ2n) is 7.21. The van der Waals surface area contributed by atoms with Crippen LogP contribution in [0.3, 0.4) is 0 Å². The topological polar surface area (TPSA) is 70.9 Å². The van der Waals surface area contributed by atoms with Crippen LogP contribution in [0.15, 0.2) is 60.0 Å². The zero-order valence-corrected chi connectivity index (χ0v) is 17.4. The number of alkyl halides is 3. The molecule has 0 aliphatic carbocycles. The fraction of sp³-hybridized carbons (Fsp3) is 0.286. The molecular weight excluding hydrogens is 431 g/mol. The monoisotopic (exact) mass is 454 g/mol. The SMILES string of the molecule is O=C(C[NH+]1CCN(S(=O)(=O)/C=C/c2ccccc2)CC1)Nc1cccc(C(F)(F)F)c1. The smallest absolute Gasteiger partial charge is 0.325 e. The number of rotatable bonds is 6. The summed E-state index contributed by atoms with van der Waals surface area (Å²) in [6, 6.07) is 13.5. The average Bonchev–Trinajstić information content (AvgIpc) is 2.73. The van der Waals surface area contributed by atoms with E-state index in [1.807, 2.05) is 18.2 Å². The Morgan fingerprint density at radius 2 is 1.74 bits per heavy atom. The van der Waals surface area contributed by atoms with E-state index < -0.39 is 27.7 Å². The minimum atomic E-state index is -4.48. The van der Waals surface area contributed by atoms with Crippen LogP contribution >= 0.6 is 0 Å². The molecule has 2 N–H and O–H groups in total. The van der Waals surface area contributed by atoms with Crippen molar-refractivity contribution in [2.45, 2.75) is 6.18 Å². The van der Waals surface area contributed by atoms with Gasteiger partial charge in [0.05, 0.1) is 31.7 Å². The van der Waals surface area contributed by atoms with E-state index in [0.717, 1.165) is 22.6 Å². The van der Waals surface area contributed by atoms with Gasteiger partial charge in [-0.05, 0) is 29.8 Å². The second kappa shape index (κ2) is 9.63. The number of nitrogens with one attached hydrogen (secondary N) is 2. The molecule has 0 spiro atoms. The third kappa shape index (κ3) is 6.65. The highest BCUT2D eigenvalue weighted by Crippen LogP contribution is 2.30. The van der Waals surface area contributed by atoms with E-state index in [2.05, 4.69) is 5.32 Å². The van der Waals surface area contributed by atoms with Crippen LogP contribution < -0.4 is 10.2 Å². The molecule has 6 nitrogen and oxygen atoms in total. The van der Waals surface area contributed by atoms with Crippen molar-refractivity contribution in [3.8, 4) is 0 Å². The van der Waals surface area contributed by atoms with Crippen LogP contribution in [0.5, 0.6) is 0 Å². The molecule has 3 rings (SSSR count). The molecular formula is C21H23F3N3O3S+. The lowest BCUT2D eigenvalue weighted by molar-refractivity contribution is -0.895. The number of anilines is 1. The van der Waals surface area contributed by atoms with Crippen LogP contribution in [-0.2, 0) is 21.0 Å². The number of hydrogen-bond donors (Lipinski definition) is 2. The van der Waals surface area contributed by atoms with Crippen LogP contribution in [0, 0.1) is 0 Å². The Balaban J connectivity index is 1.51. The van der Waals surface area contributed by atoms with Gasteiger partial charge in [0.2, 0.25) is 10.0 Å². The van der Waals surface area contributed by atoms with E-state index in [4.69, 9.17) is 0 Å². The highest BCUT2D eigenvalue weighted by Gasteiger charge is 2.31. The molecule has 0 unspecified atom stereocenters. The first-order chi connectivity index (χ1) is 14.6. The third-order valence-electron chi connectivity index (χ3n) is 4.91. The summed E-state index contributed by atoms with van der Waals surface area (Å²) in [6.45, 7) is 1.41. The van der Waals surface area contributed by atoms with Gasteiger partial charge >= 0.3 is 6.18 Å². The number of hydrogen-bond acceptors (Lipinski definition) is 3. The Bertz CT molecular complexity index is 1030. The number of halogens is 3. The molecule has 2 aromatic rings. The first kappa shape index (κ1) is 23.0. The summed E-state index contributed by atoms with van der Waals surface area (Å²) in [5.41, 5.74) is 0.0214. The van der Waals surface area contributed by atoms with E-state index in [1.165, 1.54) is 27.9 Å². The number of sulfonamides is 1. The van der Waals surface area contributed by atoms with Crippen LogP contribution in [0.2, 0.25) is 0 Å². The predicted octanol–water partition coefficient (Wildman–Crippen LogP) is 1.85. The molecule has 1 fully saturated rings. The number of piperazine rings is 1. The lowest BCUT2D eigenvalue weighted by atomic mass is 10.2. The third-order valence-corrected chi connectivity index (χ3v) is 6.47. The summed E-state index contributed by atoms with van der Waals surface area (Å²) in [7, 11) is -3.57. The molecule has 1 heterocycles. The zero-order chi connectivity index (χ0) is 22.5. The molecule has 2 aromatic carbocycles. The predicted molar refractivity (Wildman–Crippen MR) is 112 cm³/mol. The molecule has 0 bridgehead atoms. The van der Waals surface area contributed by atoms with Crippen molar-refractivity contribution in [2.75, 3.05) is 38.0 Å². The Morgan fingerprint density at radius 3 is 2.39 bits per heavy atom. The van der Waals surface area contributed by atoms with Gasteiger partial charge in [-0.15, -0.1) is 0 Å². The maximum atomic E-state index is 12.8. The van der Waals surface area contributed by atoms with Crippen LogP contribution in [0.25, 0.3) is 6.08 Å². The van der Waals surface area contributed by atoms with Gasteiger partial charge in [-0.1, -0.05) is 36.4 Å². The average molecular weight is 454 g/mol. The van der Waals surface area contributed by atoms with Gasteiger partial charge in [0.25, 0.3) is 5.91 Å². The van der Waals surface area contributed by atoms with Gasteiger partial charge in [-0.3, -0.25) is 4.79 Å². The molecule has 0 aromatic heterocycles. The maximum Gasteiger partial charge on any atom is 0.416 e. The molecule has 1 aliphatic rings. The number of quaternary nitrogens is 1. The molecule has 31 heavy (non-hydrogen) atoms. The van der Waals surface area contributed by atoms with E-state index in [9.17, 15) is 26.4 Å². The Kier molecular flexibility index (Phi) is 7.14. The quantitative estimate of drug-likeness (QED) is 0.700. The molecule has 0 saturated carbocycles. The van der Waals surface area contributed by atoms with E-state index >= 15 is 0 Å². The van der Waals surface area contributed by atoms with E-state index in [0.29, 0.717) is 13.1 Å². The standard InChI is InChI=1S/C21H22F3N3O3S/c22-21(23,24)18-7-4-8-19(15-18)25-20(28)16-26-10-12-27(13-11-26)31(29,30)14-9-17-5-2-1-3-6-17/h1-9,14-15H,10-13,16H2,(H,25,28)/p+1/b14-9+. The summed E-state index contributed by atoms with van der Waals surface area (Å²) >= 11 is 0. The van der Waals surface area contributed by atoms with Gasteiger partial charge in [-0.25, -0.2) is 8.42 Å². The molecule has 0 atom stereocenters. The molecule has 1 amide bonds. The minimum absolute atomic E-state index is 0.0456. The number of nitrogens with zero attached hydrogens (tertiary/aromatic N) is 1. The summed E-state index contributed by atoms with van der Waals surface area (Å²) in [4.78, 5) is 13.1. The second-order valence-corrected chi connectivity index (χ2v) is 9.03. The van der Waals surface area contributed by atoms with Crippen molar-refractivity contribution in [1.29, 1.82) is 0 Å². The molecule has 0 radical (unpaired) electrons. The van der Waals surface area contributed by atoms with Crippen molar-refractivity contribution in [3.05, 3.63) is 71.1 Å². The van der Waals surface area contributed by atoms with Crippen LogP contribution in [0.4, 0.5) is 18.9 Å². The first-order valence-corrected chi connectivity index (χ1v) is 11.2. The minimum Gasteiger partial charge on any atom is -0.325 e. The molecule has 10 heteroatoms. The molecule has 1 aliphatic heterocycles. The number of carbonyl (C=O) groups is 1. The van der Waals surface area contributed by atoms with Crippen LogP contribution in [0.1, 0.15) is 11.1 Å². The highest BCUT2D eigenvalue weighted by molar-refractivity contribution is 7.92. The normalized spacial score (nSPS) is 16.5. The van der Waals surface area contributed by atoms with Crippen molar-refractivity contribution < 1.29 is 31.3 Å². The van der Waals surface area contributed by atoms with Crippen molar-refractivity contribution in [1.82, 2.24) is 4.31 Å². The Labute approximate surface area is 179 Å². The zero-order valence-electron chi connectivity index (χ0n) is 16.6. The van der Waals surface area contributed by atoms with Crippen molar-refractivity contribution >= 4 is 27.7 Å². The van der Waals surface area contributed by atoms with E-state index in [1.54, 1.807) is 12.1 Å². The lowest BCUT2D eigenvalue weighted by Crippen LogP contribution is -3.15. The van der Waals surface area contributed by atoms with Crippen LogP contribution in [-0.4, -0.2) is 51.4 Å². The lowest BCUT2D eigenvalue weighted by Gasteiger charge is -2.30. The Morgan fingerprint density at radius 1 is 1.06 bits per heavy atom. The number of benzene rings is 2. The fourth-order valence-electron chi connectivity index (χ4n) is 3.25. The maximum absolute atomic E-state index is 12.8. The summed E-state index contributed by atoms with van der Waals surface area (Å²) in [6.07, 6.45) is -2.94. The van der Waals surface area contributed by atoms with Gasteiger partial charge in [-0.2, -0.15) is 17.5 Å².